The van der Waals surface area contributed by atoms with Crippen LogP contribution in [-0.4, -0.2) is 36.6 Å². The minimum absolute atomic E-state index is 0.0969. The number of halogens is 2. The summed E-state index contributed by atoms with van der Waals surface area (Å²) in [6.45, 7) is 1.71. The molecule has 1 fully saturated rings. The quantitative estimate of drug-likeness (QED) is 0.681. The fourth-order valence-corrected chi connectivity index (χ4v) is 3.05. The molecule has 0 unspecified atom stereocenters. The van der Waals surface area contributed by atoms with Gasteiger partial charge in [0, 0.05) is 38.4 Å². The highest BCUT2D eigenvalue weighted by Gasteiger charge is 2.23. The van der Waals surface area contributed by atoms with E-state index in [9.17, 15) is 13.6 Å². The van der Waals surface area contributed by atoms with Crippen LogP contribution in [0.1, 0.15) is 25.7 Å². The van der Waals surface area contributed by atoms with Crippen LogP contribution in [0.15, 0.2) is 48.5 Å². The van der Waals surface area contributed by atoms with Gasteiger partial charge in [-0.3, -0.25) is 4.79 Å². The summed E-state index contributed by atoms with van der Waals surface area (Å²) in [5.74, 6) is -0.577. The lowest BCUT2D eigenvalue weighted by atomic mass is 10.1. The molecule has 2 aromatic rings. The summed E-state index contributed by atoms with van der Waals surface area (Å²) in [4.78, 5) is 14.1. The first-order chi connectivity index (χ1) is 13.1. The number of benzene rings is 2. The van der Waals surface area contributed by atoms with E-state index >= 15 is 0 Å². The van der Waals surface area contributed by atoms with Gasteiger partial charge in [-0.15, -0.1) is 0 Å². The van der Waals surface area contributed by atoms with E-state index in [0.29, 0.717) is 51.1 Å². The highest BCUT2D eigenvalue weighted by Crippen LogP contribution is 2.21. The van der Waals surface area contributed by atoms with Crippen molar-refractivity contribution in [2.24, 2.45) is 0 Å². The standard InChI is InChI=1S/C21H23F2NO3/c22-19-9-8-18(15-20(19)23)27-17-10-12-24(13-11-17)21(25)7-4-14-26-16-5-2-1-3-6-16/h1-3,5-6,8-9,15,17H,4,7,10-14H2. The van der Waals surface area contributed by atoms with Gasteiger partial charge >= 0.3 is 0 Å². The maximum atomic E-state index is 13.2. The van der Waals surface area contributed by atoms with E-state index in [4.69, 9.17) is 9.47 Å². The number of piperidine rings is 1. The summed E-state index contributed by atoms with van der Waals surface area (Å²) in [5, 5.41) is 0. The summed E-state index contributed by atoms with van der Waals surface area (Å²) < 4.78 is 37.5. The molecular weight excluding hydrogens is 352 g/mol. The predicted octanol–water partition coefficient (Wildman–Crippen LogP) is 4.19. The van der Waals surface area contributed by atoms with Crippen LogP contribution in [0.3, 0.4) is 0 Å². The van der Waals surface area contributed by atoms with Crippen molar-refractivity contribution in [3.8, 4) is 11.5 Å². The molecule has 1 aliphatic rings. The number of carbonyl (C=O) groups excluding carboxylic acids is 1. The summed E-state index contributed by atoms with van der Waals surface area (Å²) in [7, 11) is 0. The van der Waals surface area contributed by atoms with Crippen LogP contribution in [0.25, 0.3) is 0 Å². The molecule has 144 valence electrons. The number of amides is 1. The van der Waals surface area contributed by atoms with Gasteiger partial charge in [0.1, 0.15) is 17.6 Å². The minimum atomic E-state index is -0.919. The molecule has 27 heavy (non-hydrogen) atoms. The molecule has 0 N–H and O–H groups in total. The Hall–Kier alpha value is -2.63. The Morgan fingerprint density at radius 3 is 2.44 bits per heavy atom. The fourth-order valence-electron chi connectivity index (χ4n) is 3.05. The molecule has 1 aliphatic heterocycles. The van der Waals surface area contributed by atoms with Crippen LogP contribution in [0.2, 0.25) is 0 Å². The zero-order chi connectivity index (χ0) is 19.1. The number of nitrogens with zero attached hydrogens (tertiary/aromatic N) is 1. The van der Waals surface area contributed by atoms with E-state index in [2.05, 4.69) is 0 Å². The topological polar surface area (TPSA) is 38.8 Å². The Morgan fingerprint density at radius 2 is 1.74 bits per heavy atom. The number of ether oxygens (including phenoxy) is 2. The van der Waals surface area contributed by atoms with Gasteiger partial charge in [0.2, 0.25) is 5.91 Å². The highest BCUT2D eigenvalue weighted by atomic mass is 19.2. The molecule has 1 saturated heterocycles. The molecular formula is C21H23F2NO3. The molecule has 0 aliphatic carbocycles. The van der Waals surface area contributed by atoms with Crippen molar-refractivity contribution in [2.45, 2.75) is 31.8 Å². The third-order valence-corrected chi connectivity index (χ3v) is 4.54. The Balaban J connectivity index is 1.35. The lowest BCUT2D eigenvalue weighted by molar-refractivity contribution is -0.133. The molecule has 1 heterocycles. The third kappa shape index (κ3) is 5.67. The van der Waals surface area contributed by atoms with Gasteiger partial charge in [0.25, 0.3) is 0 Å². The molecule has 3 rings (SSSR count). The van der Waals surface area contributed by atoms with Crippen molar-refractivity contribution >= 4 is 5.91 Å². The lowest BCUT2D eigenvalue weighted by Crippen LogP contribution is -2.41. The molecule has 2 aromatic carbocycles. The van der Waals surface area contributed by atoms with Crippen LogP contribution in [-0.2, 0) is 4.79 Å². The first-order valence-electron chi connectivity index (χ1n) is 9.19. The zero-order valence-electron chi connectivity index (χ0n) is 15.1. The molecule has 0 bridgehead atoms. The van der Waals surface area contributed by atoms with Gasteiger partial charge in [-0.1, -0.05) is 18.2 Å². The van der Waals surface area contributed by atoms with E-state index < -0.39 is 11.6 Å². The van der Waals surface area contributed by atoms with Crippen LogP contribution < -0.4 is 9.47 Å². The van der Waals surface area contributed by atoms with E-state index in [1.54, 1.807) is 0 Å². The second kappa shape index (κ2) is 9.35. The van der Waals surface area contributed by atoms with Crippen molar-refractivity contribution in [1.29, 1.82) is 0 Å². The molecule has 6 heteroatoms. The van der Waals surface area contributed by atoms with E-state index in [1.807, 2.05) is 35.2 Å². The Bertz CT molecular complexity index is 746. The number of rotatable bonds is 7. The normalized spacial score (nSPS) is 14.8. The van der Waals surface area contributed by atoms with Gasteiger partial charge in [-0.05, 0) is 30.7 Å². The van der Waals surface area contributed by atoms with Gasteiger partial charge in [0.15, 0.2) is 11.6 Å². The van der Waals surface area contributed by atoms with Crippen molar-refractivity contribution in [2.75, 3.05) is 19.7 Å². The summed E-state index contributed by atoms with van der Waals surface area (Å²) >= 11 is 0. The van der Waals surface area contributed by atoms with Gasteiger partial charge < -0.3 is 14.4 Å². The third-order valence-electron chi connectivity index (χ3n) is 4.54. The van der Waals surface area contributed by atoms with Gasteiger partial charge in [-0.2, -0.15) is 0 Å². The van der Waals surface area contributed by atoms with Gasteiger partial charge in [-0.25, -0.2) is 8.78 Å². The summed E-state index contributed by atoms with van der Waals surface area (Å²) in [6, 6.07) is 13.1. The number of hydrogen-bond acceptors (Lipinski definition) is 3. The van der Waals surface area contributed by atoms with Crippen molar-refractivity contribution in [3.05, 3.63) is 60.2 Å². The van der Waals surface area contributed by atoms with Crippen molar-refractivity contribution in [1.82, 2.24) is 4.90 Å². The Kier molecular flexibility index (Phi) is 6.63. The maximum Gasteiger partial charge on any atom is 0.222 e. The van der Waals surface area contributed by atoms with E-state index in [0.717, 1.165) is 17.9 Å². The average Bonchev–Trinajstić information content (AvgIpc) is 2.69. The predicted molar refractivity (Wildman–Crippen MR) is 97.8 cm³/mol. The summed E-state index contributed by atoms with van der Waals surface area (Å²) in [6.07, 6.45) is 2.36. The fraction of sp³-hybridized carbons (Fsp3) is 0.381. The minimum Gasteiger partial charge on any atom is -0.494 e. The van der Waals surface area contributed by atoms with Crippen LogP contribution in [0, 0.1) is 11.6 Å². The van der Waals surface area contributed by atoms with Crippen LogP contribution >= 0.6 is 0 Å². The monoisotopic (exact) mass is 375 g/mol. The number of hydrogen-bond donors (Lipinski definition) is 0. The number of carbonyl (C=O) groups is 1. The molecule has 0 saturated carbocycles. The molecule has 0 radical (unpaired) electrons. The lowest BCUT2D eigenvalue weighted by Gasteiger charge is -2.32. The number of likely N-dealkylation sites (tertiary alicyclic amines) is 1. The van der Waals surface area contributed by atoms with Crippen molar-refractivity contribution in [3.63, 3.8) is 0 Å². The first-order valence-corrected chi connectivity index (χ1v) is 9.19. The first kappa shape index (κ1) is 19.1. The maximum absolute atomic E-state index is 13.2. The molecule has 0 aromatic heterocycles. The highest BCUT2D eigenvalue weighted by molar-refractivity contribution is 5.76. The molecule has 0 spiro atoms. The van der Waals surface area contributed by atoms with E-state index in [1.165, 1.54) is 6.07 Å². The molecule has 0 atom stereocenters. The Labute approximate surface area is 157 Å². The van der Waals surface area contributed by atoms with Crippen LogP contribution in [0.4, 0.5) is 8.78 Å². The summed E-state index contributed by atoms with van der Waals surface area (Å²) in [5.41, 5.74) is 0. The van der Waals surface area contributed by atoms with Crippen LogP contribution in [0.5, 0.6) is 11.5 Å². The molecule has 4 nitrogen and oxygen atoms in total. The molecule has 1 amide bonds. The largest absolute Gasteiger partial charge is 0.494 e. The number of para-hydroxylation sites is 1. The second-order valence-electron chi connectivity index (χ2n) is 6.54. The van der Waals surface area contributed by atoms with Crippen molar-refractivity contribution < 1.29 is 23.0 Å². The Morgan fingerprint density at radius 1 is 1.00 bits per heavy atom. The SMILES string of the molecule is O=C(CCCOc1ccccc1)N1CCC(Oc2ccc(F)c(F)c2)CC1. The van der Waals surface area contributed by atoms with Gasteiger partial charge in [0.05, 0.1) is 6.61 Å². The average molecular weight is 375 g/mol. The zero-order valence-corrected chi connectivity index (χ0v) is 15.1. The smallest absolute Gasteiger partial charge is 0.222 e. The van der Waals surface area contributed by atoms with E-state index in [-0.39, 0.29) is 12.0 Å². The second-order valence-corrected chi connectivity index (χ2v) is 6.54.